The Morgan fingerprint density at radius 3 is 2.84 bits per heavy atom. The van der Waals surface area contributed by atoms with Crippen LogP contribution in [0.15, 0.2) is 34.9 Å². The topological polar surface area (TPSA) is 56.2 Å². The Kier molecular flexibility index (Phi) is 3.12. The molecule has 7 heteroatoms. The number of fused-ring (bicyclic) bond motifs is 1. The maximum absolute atomic E-state index is 6.20. The average Bonchev–Trinajstić information content (AvgIpc) is 2.75. The van der Waals surface area contributed by atoms with Crippen molar-refractivity contribution in [1.29, 1.82) is 0 Å². The lowest BCUT2D eigenvalue weighted by atomic mass is 10.1. The van der Waals surface area contributed by atoms with E-state index in [1.165, 1.54) is 0 Å². The summed E-state index contributed by atoms with van der Waals surface area (Å²) in [5.41, 5.74) is 7.97. The third-order valence-electron chi connectivity index (χ3n) is 2.68. The predicted molar refractivity (Wildman–Crippen MR) is 80.6 cm³/mol. The molecule has 0 saturated heterocycles. The molecule has 3 aromatic rings. The summed E-state index contributed by atoms with van der Waals surface area (Å²) in [7, 11) is 0. The number of benzene rings is 1. The van der Waals surface area contributed by atoms with Crippen LogP contribution in [0.3, 0.4) is 0 Å². The van der Waals surface area contributed by atoms with Gasteiger partial charge in [-0.3, -0.25) is 0 Å². The molecule has 0 fully saturated rings. The number of rotatable bonds is 1. The molecule has 0 spiro atoms. The highest BCUT2D eigenvalue weighted by atomic mass is 79.9. The second kappa shape index (κ2) is 4.67. The van der Waals surface area contributed by atoms with E-state index >= 15 is 0 Å². The molecule has 1 aromatic carbocycles. The summed E-state index contributed by atoms with van der Waals surface area (Å²) in [5.74, 6) is 0.474. The van der Waals surface area contributed by atoms with Gasteiger partial charge < -0.3 is 5.73 Å². The fourth-order valence-corrected chi connectivity index (χ4v) is 2.54. The number of hydrogen-bond donors (Lipinski definition) is 1. The number of nitrogen functional groups attached to an aromatic ring is 1. The monoisotopic (exact) mass is 356 g/mol. The maximum atomic E-state index is 6.20. The van der Waals surface area contributed by atoms with Crippen molar-refractivity contribution in [2.24, 2.45) is 0 Å². The third-order valence-corrected chi connectivity index (χ3v) is 4.06. The van der Waals surface area contributed by atoms with Crippen molar-refractivity contribution in [1.82, 2.24) is 14.6 Å². The number of hydrogen-bond acceptors (Lipinski definition) is 3. The van der Waals surface area contributed by atoms with E-state index in [4.69, 9.17) is 28.9 Å². The summed E-state index contributed by atoms with van der Waals surface area (Å²) in [6.45, 7) is 0. The second-order valence-corrected chi connectivity index (χ2v) is 5.54. The molecule has 0 aliphatic heterocycles. The first kappa shape index (κ1) is 12.7. The van der Waals surface area contributed by atoms with Gasteiger partial charge in [0.05, 0.1) is 26.4 Å². The van der Waals surface area contributed by atoms with Crippen LogP contribution >= 0.6 is 39.1 Å². The van der Waals surface area contributed by atoms with Crippen molar-refractivity contribution in [3.05, 3.63) is 45.0 Å². The van der Waals surface area contributed by atoms with Gasteiger partial charge in [-0.15, -0.1) is 0 Å². The van der Waals surface area contributed by atoms with E-state index in [2.05, 4.69) is 26.0 Å². The van der Waals surface area contributed by atoms with E-state index < -0.39 is 0 Å². The minimum absolute atomic E-state index is 0.455. The van der Waals surface area contributed by atoms with Crippen LogP contribution < -0.4 is 5.73 Å². The molecular weight excluding hydrogens is 351 g/mol. The fourth-order valence-electron chi connectivity index (χ4n) is 1.80. The molecule has 19 heavy (non-hydrogen) atoms. The van der Waals surface area contributed by atoms with Gasteiger partial charge in [0, 0.05) is 11.6 Å². The first-order valence-corrected chi connectivity index (χ1v) is 6.87. The maximum Gasteiger partial charge on any atom is 0.172 e. The average molecular weight is 358 g/mol. The molecule has 3 rings (SSSR count). The third kappa shape index (κ3) is 2.08. The van der Waals surface area contributed by atoms with Gasteiger partial charge in [0.15, 0.2) is 5.65 Å². The number of nitrogens with two attached hydrogens (primary N) is 1. The van der Waals surface area contributed by atoms with Gasteiger partial charge in [0.1, 0.15) is 5.82 Å². The predicted octanol–water partition coefficient (Wildman–Crippen LogP) is 4.05. The van der Waals surface area contributed by atoms with Crippen molar-refractivity contribution < 1.29 is 0 Å². The highest BCUT2D eigenvalue weighted by Gasteiger charge is 2.12. The zero-order valence-corrected chi connectivity index (χ0v) is 12.5. The second-order valence-electron chi connectivity index (χ2n) is 3.90. The Labute approximate surface area is 127 Å². The standard InChI is InChI=1S/C12H7BrCl2N4/c13-7-5-17-19-10(16)4-9(18-12(7)19)6-2-1-3-8(14)11(6)15/h1-5H,16H2. The molecular formula is C12H7BrCl2N4. The van der Waals surface area contributed by atoms with Crippen LogP contribution in [0.25, 0.3) is 16.9 Å². The molecule has 0 aliphatic rings. The zero-order valence-electron chi connectivity index (χ0n) is 9.44. The molecule has 0 aliphatic carbocycles. The largest absolute Gasteiger partial charge is 0.384 e. The molecule has 0 unspecified atom stereocenters. The molecule has 0 radical (unpaired) electrons. The molecule has 0 saturated carbocycles. The summed E-state index contributed by atoms with van der Waals surface area (Å²) in [6.07, 6.45) is 1.64. The minimum Gasteiger partial charge on any atom is -0.384 e. The van der Waals surface area contributed by atoms with Crippen molar-refractivity contribution in [2.45, 2.75) is 0 Å². The highest BCUT2D eigenvalue weighted by molar-refractivity contribution is 9.10. The van der Waals surface area contributed by atoms with E-state index in [0.717, 1.165) is 10.0 Å². The smallest absolute Gasteiger partial charge is 0.172 e. The Morgan fingerprint density at radius 1 is 1.26 bits per heavy atom. The van der Waals surface area contributed by atoms with Gasteiger partial charge in [-0.1, -0.05) is 35.3 Å². The molecule has 2 aromatic heterocycles. The van der Waals surface area contributed by atoms with Gasteiger partial charge in [-0.25, -0.2) is 4.98 Å². The Hall–Kier alpha value is -1.30. The van der Waals surface area contributed by atoms with Crippen LogP contribution in [0.5, 0.6) is 0 Å². The molecule has 0 atom stereocenters. The number of anilines is 1. The number of nitrogens with zero attached hydrogens (tertiary/aromatic N) is 3. The summed E-state index contributed by atoms with van der Waals surface area (Å²) >= 11 is 15.6. The van der Waals surface area contributed by atoms with Crippen LogP contribution in [0.1, 0.15) is 0 Å². The van der Waals surface area contributed by atoms with Crippen LogP contribution in [-0.2, 0) is 0 Å². The first-order valence-electron chi connectivity index (χ1n) is 5.32. The zero-order chi connectivity index (χ0) is 13.6. The number of halogens is 3. The van der Waals surface area contributed by atoms with E-state index in [0.29, 0.717) is 27.2 Å². The first-order chi connectivity index (χ1) is 9.08. The molecule has 2 heterocycles. The van der Waals surface area contributed by atoms with Crippen molar-refractivity contribution >= 4 is 50.6 Å². The van der Waals surface area contributed by atoms with E-state index in [-0.39, 0.29) is 0 Å². The van der Waals surface area contributed by atoms with Crippen molar-refractivity contribution in [3.8, 4) is 11.3 Å². The Bertz CT molecular complexity index is 785. The van der Waals surface area contributed by atoms with Crippen LogP contribution in [0.4, 0.5) is 5.82 Å². The Morgan fingerprint density at radius 2 is 2.05 bits per heavy atom. The molecule has 0 bridgehead atoms. The van der Waals surface area contributed by atoms with Gasteiger partial charge in [-0.05, 0) is 22.0 Å². The van der Waals surface area contributed by atoms with Gasteiger partial charge in [0.25, 0.3) is 0 Å². The van der Waals surface area contributed by atoms with E-state index in [1.54, 1.807) is 22.8 Å². The summed E-state index contributed by atoms with van der Waals surface area (Å²) in [5, 5.41) is 5.05. The van der Waals surface area contributed by atoms with Crippen LogP contribution in [0, 0.1) is 0 Å². The SMILES string of the molecule is Nc1cc(-c2cccc(Cl)c2Cl)nc2c(Br)cnn12. The lowest BCUT2D eigenvalue weighted by molar-refractivity contribution is 0.954. The quantitative estimate of drug-likeness (QED) is 0.714. The Balaban J connectivity index is 2.31. The summed E-state index contributed by atoms with van der Waals surface area (Å²) in [4.78, 5) is 4.50. The van der Waals surface area contributed by atoms with Crippen molar-refractivity contribution in [3.63, 3.8) is 0 Å². The molecule has 4 nitrogen and oxygen atoms in total. The lowest BCUT2D eigenvalue weighted by Crippen LogP contribution is -2.01. The normalized spacial score (nSPS) is 11.1. The summed E-state index contributed by atoms with van der Waals surface area (Å²) < 4.78 is 2.31. The summed E-state index contributed by atoms with van der Waals surface area (Å²) in [6, 6.07) is 7.10. The van der Waals surface area contributed by atoms with Gasteiger partial charge >= 0.3 is 0 Å². The van der Waals surface area contributed by atoms with Crippen molar-refractivity contribution in [2.75, 3.05) is 5.73 Å². The molecule has 96 valence electrons. The van der Waals surface area contributed by atoms with Gasteiger partial charge in [-0.2, -0.15) is 9.61 Å². The highest BCUT2D eigenvalue weighted by Crippen LogP contribution is 2.33. The van der Waals surface area contributed by atoms with E-state index in [1.807, 2.05) is 12.1 Å². The fraction of sp³-hybridized carbons (Fsp3) is 0. The lowest BCUT2D eigenvalue weighted by Gasteiger charge is -2.07. The van der Waals surface area contributed by atoms with E-state index in [9.17, 15) is 0 Å². The molecule has 0 amide bonds. The molecule has 2 N–H and O–H groups in total. The minimum atomic E-state index is 0.455. The van der Waals surface area contributed by atoms with Gasteiger partial charge in [0.2, 0.25) is 0 Å². The number of aromatic nitrogens is 3. The van der Waals surface area contributed by atoms with Crippen LogP contribution in [-0.4, -0.2) is 14.6 Å². The van der Waals surface area contributed by atoms with Crippen LogP contribution in [0.2, 0.25) is 10.0 Å².